The molecule has 0 aliphatic rings. The quantitative estimate of drug-likeness (QED) is 0.253. The molecule has 1 amide bonds. The topological polar surface area (TPSA) is 142 Å². The van der Waals surface area contributed by atoms with Crippen LogP contribution < -0.4 is 20.2 Å². The van der Waals surface area contributed by atoms with Gasteiger partial charge in [-0.15, -0.1) is 0 Å². The van der Waals surface area contributed by atoms with E-state index < -0.39 is 31.8 Å². The molecule has 0 aliphatic heterocycles. The number of amides is 1. The summed E-state index contributed by atoms with van der Waals surface area (Å²) in [6.45, 7) is 1.06. The van der Waals surface area contributed by atoms with Gasteiger partial charge in [0.05, 0.1) is 25.9 Å². The van der Waals surface area contributed by atoms with Crippen LogP contribution in [0, 0.1) is 0 Å². The number of carbonyl (C=O) groups is 2. The average Bonchev–Trinajstić information content (AvgIpc) is 2.37. The third-order valence-electron chi connectivity index (χ3n) is 2.90. The molecule has 10 heteroatoms. The molecule has 0 saturated carbocycles. The molecule has 8 nitrogen and oxygen atoms in total. The Kier molecular flexibility index (Phi) is 10.7. The zero-order valence-corrected chi connectivity index (χ0v) is 14.1. The normalized spacial score (nSPS) is 14.4. The summed E-state index contributed by atoms with van der Waals surface area (Å²) in [6.07, 6.45) is 2.93. The lowest BCUT2D eigenvalue weighted by atomic mass is 10.1. The minimum atomic E-state index is -5.34. The number of rotatable bonds is 12. The molecule has 2 atom stereocenters. The molecule has 0 aliphatic carbocycles. The van der Waals surface area contributed by atoms with Crippen molar-refractivity contribution in [1.29, 1.82) is 0 Å². The van der Waals surface area contributed by atoms with Crippen LogP contribution >= 0.6 is 20.5 Å². The van der Waals surface area contributed by atoms with Gasteiger partial charge in [-0.2, -0.15) is 12.6 Å². The molecule has 0 rings (SSSR count). The second-order valence-electron chi connectivity index (χ2n) is 4.86. The molecule has 0 saturated heterocycles. The number of carboxylic acids is 1. The van der Waals surface area contributed by atoms with Crippen LogP contribution in [-0.4, -0.2) is 29.8 Å². The van der Waals surface area contributed by atoms with Gasteiger partial charge in [-0.25, -0.2) is 0 Å². The van der Waals surface area contributed by atoms with Gasteiger partial charge < -0.3 is 34.1 Å². The molecule has 0 radical (unpaired) electrons. The predicted molar refractivity (Wildman–Crippen MR) is 76.6 cm³/mol. The Balaban J connectivity index is 4.19. The van der Waals surface area contributed by atoms with Crippen LogP contribution in [0.4, 0.5) is 0 Å². The van der Waals surface area contributed by atoms with Gasteiger partial charge in [0.2, 0.25) is 5.91 Å². The maximum absolute atomic E-state index is 11.6. The number of aliphatic carboxylic acids is 1. The highest BCUT2D eigenvalue weighted by Crippen LogP contribution is 2.28. The molecule has 130 valence electrons. The number of thiol groups is 1. The maximum atomic E-state index is 11.6. The van der Waals surface area contributed by atoms with Crippen molar-refractivity contribution < 1.29 is 33.6 Å². The monoisotopic (exact) mass is 354 g/mol. The van der Waals surface area contributed by atoms with Gasteiger partial charge in [-0.05, 0) is 25.5 Å². The Hall–Kier alpha value is -0.600. The molecule has 0 aromatic rings. The van der Waals surface area contributed by atoms with Crippen LogP contribution in [0.1, 0.15) is 45.4 Å². The summed E-state index contributed by atoms with van der Waals surface area (Å²) < 4.78 is 14.5. The van der Waals surface area contributed by atoms with Gasteiger partial charge in [-0.1, -0.05) is 19.3 Å². The highest BCUT2D eigenvalue weighted by molar-refractivity contribution is 7.80. The smallest absolute Gasteiger partial charge is 0.220 e. The minimum Gasteiger partial charge on any atom is -0.790 e. The third kappa shape index (κ3) is 11.0. The molecular formula is C12H21NO7PS-3. The van der Waals surface area contributed by atoms with E-state index in [2.05, 4.69) is 22.5 Å². The predicted octanol–water partition coefficient (Wildman–Crippen LogP) is -1.27. The van der Waals surface area contributed by atoms with Crippen LogP contribution in [0.2, 0.25) is 0 Å². The fourth-order valence-corrected chi connectivity index (χ4v) is 2.56. The lowest BCUT2D eigenvalue weighted by Crippen LogP contribution is -2.54. The van der Waals surface area contributed by atoms with Gasteiger partial charge in [-0.3, -0.25) is 4.79 Å². The molecule has 0 spiro atoms. The summed E-state index contributed by atoms with van der Waals surface area (Å²) in [5.74, 6) is -1.47. The first kappa shape index (κ1) is 21.4. The summed E-state index contributed by atoms with van der Waals surface area (Å²) >= 11 is 4.08. The number of unbranched alkanes of at least 4 members (excludes halogenated alkanes) is 4. The summed E-state index contributed by atoms with van der Waals surface area (Å²) in [4.78, 5) is 43.5. The lowest BCUT2D eigenvalue weighted by Gasteiger charge is -2.35. The van der Waals surface area contributed by atoms with Gasteiger partial charge in [0.25, 0.3) is 0 Å². The molecule has 0 aromatic carbocycles. The Morgan fingerprint density at radius 2 is 1.73 bits per heavy atom. The SMILES string of the molecule is C[C@@H](OP(=O)([O-])[O-])[C@H](NC(=O)CCCCCCCS)C(=O)[O-]. The summed E-state index contributed by atoms with van der Waals surface area (Å²) in [7, 11) is -5.34. The molecule has 0 heterocycles. The second-order valence-corrected chi connectivity index (χ2v) is 6.42. The number of carboxylic acid groups (broad SMARTS) is 1. The first-order valence-corrected chi connectivity index (χ1v) is 9.08. The van der Waals surface area contributed by atoms with E-state index in [4.69, 9.17) is 0 Å². The van der Waals surface area contributed by atoms with E-state index in [0.717, 1.165) is 38.4 Å². The molecule has 0 aromatic heterocycles. The van der Waals surface area contributed by atoms with Crippen molar-refractivity contribution in [2.75, 3.05) is 5.75 Å². The van der Waals surface area contributed by atoms with E-state index in [-0.39, 0.29) is 6.42 Å². The number of carbonyl (C=O) groups excluding carboxylic acids is 2. The molecule has 0 unspecified atom stereocenters. The first-order chi connectivity index (χ1) is 10.2. The van der Waals surface area contributed by atoms with E-state index in [0.29, 0.717) is 6.42 Å². The fourth-order valence-electron chi connectivity index (χ4n) is 1.81. The van der Waals surface area contributed by atoms with Crippen LogP contribution in [-0.2, 0) is 18.7 Å². The summed E-state index contributed by atoms with van der Waals surface area (Å²) in [6, 6.07) is -1.70. The van der Waals surface area contributed by atoms with Crippen molar-refractivity contribution in [3.05, 3.63) is 0 Å². The van der Waals surface area contributed by atoms with Crippen molar-refractivity contribution in [3.8, 4) is 0 Å². The van der Waals surface area contributed by atoms with Crippen molar-refractivity contribution in [2.45, 2.75) is 57.6 Å². The minimum absolute atomic E-state index is 0.101. The molecule has 0 fully saturated rings. The second kappa shape index (κ2) is 11.0. The number of nitrogens with one attached hydrogen (secondary N) is 1. The Morgan fingerprint density at radius 3 is 2.23 bits per heavy atom. The Labute approximate surface area is 135 Å². The van der Waals surface area contributed by atoms with E-state index in [1.165, 1.54) is 0 Å². The molecule has 22 heavy (non-hydrogen) atoms. The van der Waals surface area contributed by atoms with Crippen molar-refractivity contribution in [3.63, 3.8) is 0 Å². The van der Waals surface area contributed by atoms with Crippen molar-refractivity contribution >= 4 is 32.3 Å². The summed E-state index contributed by atoms with van der Waals surface area (Å²) in [5, 5.41) is 13.0. The van der Waals surface area contributed by atoms with E-state index >= 15 is 0 Å². The Morgan fingerprint density at radius 1 is 1.18 bits per heavy atom. The lowest BCUT2D eigenvalue weighted by molar-refractivity contribution is -0.346. The van der Waals surface area contributed by atoms with Gasteiger partial charge in [0.15, 0.2) is 0 Å². The number of phosphoric ester groups is 1. The van der Waals surface area contributed by atoms with E-state index in [1.54, 1.807) is 0 Å². The van der Waals surface area contributed by atoms with E-state index in [9.17, 15) is 29.0 Å². The average molecular weight is 354 g/mol. The third-order valence-corrected chi connectivity index (χ3v) is 3.80. The zero-order chi connectivity index (χ0) is 17.2. The number of hydrogen-bond acceptors (Lipinski definition) is 8. The van der Waals surface area contributed by atoms with Crippen molar-refractivity contribution in [1.82, 2.24) is 5.32 Å². The summed E-state index contributed by atoms with van der Waals surface area (Å²) in [5.41, 5.74) is 0. The fraction of sp³-hybridized carbons (Fsp3) is 0.833. The number of phosphoric acid groups is 1. The first-order valence-electron chi connectivity index (χ1n) is 6.99. The molecule has 0 bridgehead atoms. The van der Waals surface area contributed by atoms with Gasteiger partial charge in [0, 0.05) is 6.42 Å². The zero-order valence-electron chi connectivity index (χ0n) is 12.4. The largest absolute Gasteiger partial charge is 0.790 e. The Bertz CT molecular complexity index is 401. The van der Waals surface area contributed by atoms with Crippen LogP contribution in [0.3, 0.4) is 0 Å². The van der Waals surface area contributed by atoms with Crippen LogP contribution in [0.25, 0.3) is 0 Å². The molecular weight excluding hydrogens is 333 g/mol. The maximum Gasteiger partial charge on any atom is 0.220 e. The molecule has 1 N–H and O–H groups in total. The highest BCUT2D eigenvalue weighted by Gasteiger charge is 2.22. The van der Waals surface area contributed by atoms with Gasteiger partial charge >= 0.3 is 0 Å². The van der Waals surface area contributed by atoms with Gasteiger partial charge in [0.1, 0.15) is 0 Å². The highest BCUT2D eigenvalue weighted by atomic mass is 32.1. The van der Waals surface area contributed by atoms with E-state index in [1.807, 2.05) is 0 Å². The number of hydrogen-bond donors (Lipinski definition) is 2. The van der Waals surface area contributed by atoms with Crippen LogP contribution in [0.15, 0.2) is 0 Å². The standard InChI is InChI=1S/C12H24NO7PS/c1-9(20-21(17,18)19)11(12(15)16)13-10(14)7-5-3-2-4-6-8-22/h9,11,22H,2-8H2,1H3,(H,13,14)(H,15,16)(H2,17,18,19)/p-3/t9-,11+/m1/s1. The van der Waals surface area contributed by atoms with Crippen LogP contribution in [0.5, 0.6) is 0 Å². The van der Waals surface area contributed by atoms with Crippen molar-refractivity contribution in [2.24, 2.45) is 0 Å².